The highest BCUT2D eigenvalue weighted by Crippen LogP contribution is 2.34. The summed E-state index contributed by atoms with van der Waals surface area (Å²) in [6.45, 7) is 0.774. The van der Waals surface area contributed by atoms with E-state index in [-0.39, 0.29) is 5.75 Å². The van der Waals surface area contributed by atoms with Crippen molar-refractivity contribution in [3.05, 3.63) is 59.7 Å². The topological polar surface area (TPSA) is 21.3 Å². The molecular weight excluding hydrogens is 279 g/mol. The highest BCUT2D eigenvalue weighted by molar-refractivity contribution is 5.48. The van der Waals surface area contributed by atoms with Crippen molar-refractivity contribution in [3.63, 3.8) is 0 Å². The fraction of sp³-hybridized carbons (Fsp3) is 0.250. The second kappa shape index (κ2) is 5.31. The van der Waals surface area contributed by atoms with Crippen LogP contribution in [-0.4, -0.2) is 12.9 Å². The number of fused-ring (bicyclic) bond motifs is 1. The molecule has 3 rings (SSSR count). The van der Waals surface area contributed by atoms with Crippen molar-refractivity contribution < 1.29 is 17.9 Å². The van der Waals surface area contributed by atoms with Crippen LogP contribution in [0.3, 0.4) is 0 Å². The van der Waals surface area contributed by atoms with Crippen LogP contribution < -0.4 is 10.1 Å². The molecule has 0 fully saturated rings. The first kappa shape index (κ1) is 13.8. The van der Waals surface area contributed by atoms with Crippen molar-refractivity contribution in [2.45, 2.75) is 18.7 Å². The number of rotatable bonds is 4. The van der Waals surface area contributed by atoms with Gasteiger partial charge in [-0.15, -0.1) is 13.2 Å². The van der Waals surface area contributed by atoms with Crippen LogP contribution in [0.5, 0.6) is 5.75 Å². The SMILES string of the molecule is FC(F)(F)Oc1ccc(NCC2Cc3ccccc32)cc1. The minimum Gasteiger partial charge on any atom is -0.406 e. The number of benzene rings is 2. The van der Waals surface area contributed by atoms with Gasteiger partial charge >= 0.3 is 6.36 Å². The number of hydrogen-bond acceptors (Lipinski definition) is 2. The summed E-state index contributed by atoms with van der Waals surface area (Å²) < 4.78 is 40.0. The van der Waals surface area contributed by atoms with Crippen molar-refractivity contribution in [1.82, 2.24) is 0 Å². The molecule has 1 aliphatic carbocycles. The quantitative estimate of drug-likeness (QED) is 0.905. The lowest BCUT2D eigenvalue weighted by Gasteiger charge is -2.30. The van der Waals surface area contributed by atoms with Crippen LogP contribution in [0, 0.1) is 0 Å². The van der Waals surface area contributed by atoms with Crippen LogP contribution in [0.1, 0.15) is 17.0 Å². The highest BCUT2D eigenvalue weighted by atomic mass is 19.4. The van der Waals surface area contributed by atoms with E-state index in [1.54, 1.807) is 12.1 Å². The van der Waals surface area contributed by atoms with Crippen LogP contribution in [0.15, 0.2) is 48.5 Å². The molecule has 0 amide bonds. The third-order valence-electron chi connectivity index (χ3n) is 3.60. The van der Waals surface area contributed by atoms with E-state index in [9.17, 15) is 13.2 Å². The molecule has 1 unspecified atom stereocenters. The van der Waals surface area contributed by atoms with Crippen LogP contribution in [0.25, 0.3) is 0 Å². The first-order chi connectivity index (χ1) is 10.0. The van der Waals surface area contributed by atoms with E-state index in [1.807, 2.05) is 12.1 Å². The molecule has 5 heteroatoms. The van der Waals surface area contributed by atoms with Gasteiger partial charge in [0.1, 0.15) is 5.75 Å². The average Bonchev–Trinajstić information content (AvgIpc) is 2.40. The van der Waals surface area contributed by atoms with E-state index in [0.717, 1.165) is 18.7 Å². The normalized spacial score (nSPS) is 16.8. The monoisotopic (exact) mass is 293 g/mol. The van der Waals surface area contributed by atoms with Crippen LogP contribution in [0.2, 0.25) is 0 Å². The van der Waals surface area contributed by atoms with Gasteiger partial charge in [0.05, 0.1) is 0 Å². The summed E-state index contributed by atoms with van der Waals surface area (Å²) in [4.78, 5) is 0. The van der Waals surface area contributed by atoms with Gasteiger partial charge in [0.25, 0.3) is 0 Å². The van der Waals surface area contributed by atoms with Gasteiger partial charge < -0.3 is 10.1 Å². The summed E-state index contributed by atoms with van der Waals surface area (Å²) in [5.74, 6) is 0.259. The largest absolute Gasteiger partial charge is 0.573 e. The van der Waals surface area contributed by atoms with Crippen LogP contribution in [-0.2, 0) is 6.42 Å². The van der Waals surface area contributed by atoms with Gasteiger partial charge in [-0.25, -0.2) is 0 Å². The third kappa shape index (κ3) is 3.29. The zero-order valence-electron chi connectivity index (χ0n) is 11.2. The molecule has 2 nitrogen and oxygen atoms in total. The van der Waals surface area contributed by atoms with E-state index in [1.165, 1.54) is 23.3 Å². The van der Waals surface area contributed by atoms with Gasteiger partial charge in [0.15, 0.2) is 0 Å². The molecule has 1 N–H and O–H groups in total. The first-order valence-electron chi connectivity index (χ1n) is 6.69. The van der Waals surface area contributed by atoms with E-state index in [2.05, 4.69) is 22.2 Å². The maximum absolute atomic E-state index is 12.1. The zero-order chi connectivity index (χ0) is 14.9. The second-order valence-electron chi connectivity index (χ2n) is 5.05. The van der Waals surface area contributed by atoms with Crippen LogP contribution >= 0.6 is 0 Å². The zero-order valence-corrected chi connectivity index (χ0v) is 11.2. The molecule has 0 aromatic heterocycles. The average molecular weight is 293 g/mol. The van der Waals surface area contributed by atoms with Gasteiger partial charge in [-0.3, -0.25) is 0 Å². The number of halogens is 3. The van der Waals surface area contributed by atoms with Crippen molar-refractivity contribution in [2.75, 3.05) is 11.9 Å². The van der Waals surface area contributed by atoms with E-state index in [4.69, 9.17) is 0 Å². The molecule has 21 heavy (non-hydrogen) atoms. The van der Waals surface area contributed by atoms with E-state index < -0.39 is 6.36 Å². The fourth-order valence-electron chi connectivity index (χ4n) is 2.56. The maximum atomic E-state index is 12.1. The smallest absolute Gasteiger partial charge is 0.406 e. The summed E-state index contributed by atoms with van der Waals surface area (Å²) in [5, 5.41) is 3.24. The van der Waals surface area contributed by atoms with Crippen LogP contribution in [0.4, 0.5) is 18.9 Å². The number of nitrogens with one attached hydrogen (secondary N) is 1. The summed E-state index contributed by atoms with van der Waals surface area (Å²) >= 11 is 0. The molecule has 0 radical (unpaired) electrons. The van der Waals surface area contributed by atoms with Gasteiger partial charge in [0, 0.05) is 18.2 Å². The summed E-state index contributed by atoms with van der Waals surface area (Å²) in [6.07, 6.45) is -3.61. The Hall–Kier alpha value is -2.17. The molecule has 0 bridgehead atoms. The number of ether oxygens (including phenoxy) is 1. The fourth-order valence-corrected chi connectivity index (χ4v) is 2.56. The van der Waals surface area contributed by atoms with Crippen molar-refractivity contribution in [2.24, 2.45) is 0 Å². The number of anilines is 1. The highest BCUT2D eigenvalue weighted by Gasteiger charge is 2.31. The Morgan fingerprint density at radius 2 is 1.76 bits per heavy atom. The Labute approximate surface area is 120 Å². The molecule has 1 atom stereocenters. The molecule has 0 spiro atoms. The minimum absolute atomic E-state index is 0.206. The molecule has 2 aromatic rings. The standard InChI is InChI=1S/C16H14F3NO/c17-16(18,19)21-14-7-5-13(6-8-14)20-10-12-9-11-3-1-2-4-15(11)12/h1-8,12,20H,9-10H2. The molecule has 0 saturated carbocycles. The van der Waals surface area contributed by atoms with Gasteiger partial charge in [-0.05, 0) is 41.8 Å². The third-order valence-corrected chi connectivity index (χ3v) is 3.60. The minimum atomic E-state index is -4.65. The molecule has 1 aliphatic rings. The number of hydrogen-bond donors (Lipinski definition) is 1. The Kier molecular flexibility index (Phi) is 3.49. The van der Waals surface area contributed by atoms with Gasteiger partial charge in [-0.2, -0.15) is 0 Å². The summed E-state index contributed by atoms with van der Waals surface area (Å²) in [6, 6.07) is 14.1. The lowest BCUT2D eigenvalue weighted by molar-refractivity contribution is -0.274. The molecule has 0 heterocycles. The second-order valence-corrected chi connectivity index (χ2v) is 5.05. The van der Waals surface area contributed by atoms with Gasteiger partial charge in [0.2, 0.25) is 0 Å². The molecule has 0 aliphatic heterocycles. The van der Waals surface area contributed by atoms with E-state index in [0.29, 0.717) is 5.92 Å². The first-order valence-corrected chi connectivity index (χ1v) is 6.69. The van der Waals surface area contributed by atoms with Gasteiger partial charge in [-0.1, -0.05) is 24.3 Å². The van der Waals surface area contributed by atoms with Crippen molar-refractivity contribution in [3.8, 4) is 5.75 Å². The number of alkyl halides is 3. The predicted molar refractivity (Wildman–Crippen MR) is 74.5 cm³/mol. The van der Waals surface area contributed by atoms with E-state index >= 15 is 0 Å². The summed E-state index contributed by atoms with van der Waals surface area (Å²) in [5.41, 5.74) is 3.51. The van der Waals surface area contributed by atoms with Crippen molar-refractivity contribution >= 4 is 5.69 Å². The lowest BCUT2D eigenvalue weighted by Crippen LogP contribution is -2.24. The Bertz CT molecular complexity index is 622. The Morgan fingerprint density at radius 1 is 1.05 bits per heavy atom. The van der Waals surface area contributed by atoms with Crippen molar-refractivity contribution in [1.29, 1.82) is 0 Å². The lowest BCUT2D eigenvalue weighted by atomic mass is 9.77. The Morgan fingerprint density at radius 3 is 2.43 bits per heavy atom. The molecule has 2 aromatic carbocycles. The molecule has 110 valence electrons. The predicted octanol–water partition coefficient (Wildman–Crippen LogP) is 4.34. The molecule has 0 saturated heterocycles. The maximum Gasteiger partial charge on any atom is 0.573 e. The molecular formula is C16H14F3NO. The Balaban J connectivity index is 1.55. The summed E-state index contributed by atoms with van der Waals surface area (Å²) in [7, 11) is 0.